The number of amides is 1. The largest absolute Gasteiger partial charge is 0.368 e. The quantitative estimate of drug-likeness (QED) is 0.613. The van der Waals surface area contributed by atoms with Gasteiger partial charge in [0.1, 0.15) is 11.9 Å². The van der Waals surface area contributed by atoms with Crippen LogP contribution in [0.2, 0.25) is 0 Å². The van der Waals surface area contributed by atoms with Gasteiger partial charge in [0.25, 0.3) is 5.91 Å². The fourth-order valence-electron chi connectivity index (χ4n) is 4.13. The Morgan fingerprint density at radius 3 is 2.97 bits per heavy atom. The highest BCUT2D eigenvalue weighted by molar-refractivity contribution is 5.94. The molecular formula is C21H25N7O2. The summed E-state index contributed by atoms with van der Waals surface area (Å²) >= 11 is 0. The van der Waals surface area contributed by atoms with Gasteiger partial charge in [-0.1, -0.05) is 6.07 Å². The van der Waals surface area contributed by atoms with E-state index in [1.165, 1.54) is 0 Å². The molecule has 1 saturated heterocycles. The second-order valence-electron chi connectivity index (χ2n) is 7.86. The molecule has 0 radical (unpaired) electrons. The number of fused-ring (bicyclic) bond motifs is 1. The number of carbonyl (C=O) groups is 1. The van der Waals surface area contributed by atoms with Crippen molar-refractivity contribution < 1.29 is 9.53 Å². The molecule has 1 atom stereocenters. The van der Waals surface area contributed by atoms with Crippen molar-refractivity contribution in [1.29, 1.82) is 0 Å². The first-order valence-corrected chi connectivity index (χ1v) is 10.4. The number of aryl methyl sites for hydroxylation is 2. The zero-order valence-electron chi connectivity index (χ0n) is 16.9. The van der Waals surface area contributed by atoms with Gasteiger partial charge >= 0.3 is 0 Å². The van der Waals surface area contributed by atoms with Crippen molar-refractivity contribution in [2.75, 3.05) is 25.0 Å². The van der Waals surface area contributed by atoms with Gasteiger partial charge in [0.15, 0.2) is 11.5 Å². The number of pyridine rings is 1. The van der Waals surface area contributed by atoms with Crippen molar-refractivity contribution in [3.8, 4) is 0 Å². The van der Waals surface area contributed by atoms with E-state index in [2.05, 4.69) is 30.7 Å². The Morgan fingerprint density at radius 1 is 1.20 bits per heavy atom. The van der Waals surface area contributed by atoms with Gasteiger partial charge in [0.05, 0.1) is 18.8 Å². The van der Waals surface area contributed by atoms with Crippen LogP contribution in [-0.2, 0) is 17.6 Å². The number of nitrogens with zero attached hydrogens (tertiary/aromatic N) is 4. The van der Waals surface area contributed by atoms with E-state index in [1.54, 1.807) is 0 Å². The SMILES string of the molecule is Cc1cc(Nc2cccc([C@@H]3CN(C(=O)c4n[nH]c5c4CCCC5)CCO3)n2)n[nH]1. The van der Waals surface area contributed by atoms with E-state index >= 15 is 0 Å². The van der Waals surface area contributed by atoms with E-state index in [0.29, 0.717) is 37.0 Å². The van der Waals surface area contributed by atoms with Crippen molar-refractivity contribution in [3.05, 3.63) is 52.6 Å². The zero-order valence-corrected chi connectivity index (χ0v) is 16.9. The number of anilines is 2. The number of rotatable bonds is 4. The number of carbonyl (C=O) groups excluding carboxylic acids is 1. The van der Waals surface area contributed by atoms with Crippen LogP contribution in [0.25, 0.3) is 0 Å². The first-order valence-electron chi connectivity index (χ1n) is 10.4. The van der Waals surface area contributed by atoms with Crippen molar-refractivity contribution in [3.63, 3.8) is 0 Å². The highest BCUT2D eigenvalue weighted by atomic mass is 16.5. The molecule has 4 heterocycles. The Labute approximate surface area is 174 Å². The molecule has 1 amide bonds. The van der Waals surface area contributed by atoms with E-state index < -0.39 is 0 Å². The van der Waals surface area contributed by atoms with Crippen LogP contribution in [0.4, 0.5) is 11.6 Å². The average molecular weight is 407 g/mol. The molecule has 30 heavy (non-hydrogen) atoms. The van der Waals surface area contributed by atoms with E-state index in [-0.39, 0.29) is 12.0 Å². The minimum Gasteiger partial charge on any atom is -0.368 e. The van der Waals surface area contributed by atoms with Crippen LogP contribution < -0.4 is 5.32 Å². The molecule has 9 nitrogen and oxygen atoms in total. The number of aromatic nitrogens is 5. The minimum atomic E-state index is -0.278. The van der Waals surface area contributed by atoms with Crippen molar-refractivity contribution in [2.24, 2.45) is 0 Å². The van der Waals surface area contributed by atoms with E-state index in [1.807, 2.05) is 36.1 Å². The fourth-order valence-corrected chi connectivity index (χ4v) is 4.13. The van der Waals surface area contributed by atoms with Gasteiger partial charge in [0.2, 0.25) is 0 Å². The lowest BCUT2D eigenvalue weighted by Crippen LogP contribution is -2.43. The van der Waals surface area contributed by atoms with Gasteiger partial charge in [-0.05, 0) is 44.7 Å². The predicted molar refractivity (Wildman–Crippen MR) is 111 cm³/mol. The summed E-state index contributed by atoms with van der Waals surface area (Å²) in [5.41, 5.74) is 4.53. The average Bonchev–Trinajstić information content (AvgIpc) is 3.39. The van der Waals surface area contributed by atoms with Crippen molar-refractivity contribution >= 4 is 17.5 Å². The van der Waals surface area contributed by atoms with Crippen molar-refractivity contribution in [2.45, 2.75) is 38.7 Å². The standard InChI is InChI=1S/C21H25N7O2/c1-13-11-19(26-24-13)23-18-8-4-7-16(22-18)17-12-28(9-10-30-17)21(29)20-14-5-2-3-6-15(14)25-27-20/h4,7-8,11,17H,2-3,5-6,9-10,12H2,1H3,(H,25,27)(H2,22,23,24,26)/t17-/m0/s1. The van der Waals surface area contributed by atoms with Gasteiger partial charge in [-0.15, -0.1) is 0 Å². The Hall–Kier alpha value is -3.20. The van der Waals surface area contributed by atoms with Crippen LogP contribution in [0.1, 0.15) is 52.1 Å². The molecule has 0 saturated carbocycles. The maximum absolute atomic E-state index is 13.2. The number of H-pyrrole nitrogens is 2. The predicted octanol–water partition coefficient (Wildman–Crippen LogP) is 2.67. The third-order valence-corrected chi connectivity index (χ3v) is 5.68. The van der Waals surface area contributed by atoms with Gasteiger partial charge in [0, 0.05) is 29.6 Å². The number of ether oxygens (including phenoxy) is 1. The molecule has 3 aromatic rings. The smallest absolute Gasteiger partial charge is 0.274 e. The molecule has 1 aliphatic carbocycles. The highest BCUT2D eigenvalue weighted by Crippen LogP contribution is 2.27. The van der Waals surface area contributed by atoms with Gasteiger partial charge < -0.3 is 15.0 Å². The van der Waals surface area contributed by atoms with Crippen LogP contribution in [0, 0.1) is 6.92 Å². The lowest BCUT2D eigenvalue weighted by molar-refractivity contribution is -0.0248. The third-order valence-electron chi connectivity index (χ3n) is 5.68. The summed E-state index contributed by atoms with van der Waals surface area (Å²) < 4.78 is 5.95. The molecule has 1 fully saturated rings. The van der Waals surface area contributed by atoms with E-state index in [0.717, 1.165) is 48.3 Å². The topological polar surface area (TPSA) is 112 Å². The molecule has 0 bridgehead atoms. The maximum atomic E-state index is 13.2. The molecule has 9 heteroatoms. The van der Waals surface area contributed by atoms with Gasteiger partial charge in [-0.3, -0.25) is 15.0 Å². The monoisotopic (exact) mass is 407 g/mol. The van der Waals surface area contributed by atoms with Crippen LogP contribution >= 0.6 is 0 Å². The highest BCUT2D eigenvalue weighted by Gasteiger charge is 2.31. The molecule has 0 unspecified atom stereocenters. The molecule has 3 aromatic heterocycles. The first kappa shape index (κ1) is 18.8. The molecule has 3 N–H and O–H groups in total. The number of aromatic amines is 2. The first-order chi connectivity index (χ1) is 14.7. The van der Waals surface area contributed by atoms with Crippen LogP contribution in [0.5, 0.6) is 0 Å². The molecular weight excluding hydrogens is 382 g/mol. The zero-order chi connectivity index (χ0) is 20.5. The molecule has 5 rings (SSSR count). The molecule has 0 aromatic carbocycles. The maximum Gasteiger partial charge on any atom is 0.274 e. The number of morpholine rings is 1. The third kappa shape index (κ3) is 3.68. The minimum absolute atomic E-state index is 0.0241. The summed E-state index contributed by atoms with van der Waals surface area (Å²) in [5.74, 6) is 1.37. The lowest BCUT2D eigenvalue weighted by Gasteiger charge is -2.32. The summed E-state index contributed by atoms with van der Waals surface area (Å²) in [6.45, 7) is 3.43. The number of hydrogen-bond acceptors (Lipinski definition) is 6. The second kappa shape index (κ2) is 7.91. The Kier molecular flexibility index (Phi) is 4.96. The van der Waals surface area contributed by atoms with Crippen LogP contribution in [0.3, 0.4) is 0 Å². The molecule has 156 valence electrons. The summed E-state index contributed by atoms with van der Waals surface area (Å²) in [6, 6.07) is 7.65. The van der Waals surface area contributed by atoms with Crippen LogP contribution in [0.15, 0.2) is 24.3 Å². The lowest BCUT2D eigenvalue weighted by atomic mass is 9.95. The van der Waals surface area contributed by atoms with E-state index in [9.17, 15) is 4.79 Å². The summed E-state index contributed by atoms with van der Waals surface area (Å²) in [4.78, 5) is 19.7. The molecule has 1 aliphatic heterocycles. The van der Waals surface area contributed by atoms with Crippen molar-refractivity contribution in [1.82, 2.24) is 30.3 Å². The molecule has 2 aliphatic rings. The summed E-state index contributed by atoms with van der Waals surface area (Å²) in [7, 11) is 0. The Bertz CT molecular complexity index is 1060. The Morgan fingerprint density at radius 2 is 2.10 bits per heavy atom. The second-order valence-corrected chi connectivity index (χ2v) is 7.86. The Balaban J connectivity index is 1.31. The fraction of sp³-hybridized carbons (Fsp3) is 0.429. The normalized spacial score (nSPS) is 18.8. The number of nitrogens with one attached hydrogen (secondary N) is 3. The summed E-state index contributed by atoms with van der Waals surface area (Å²) in [5, 5.41) is 17.7. The van der Waals surface area contributed by atoms with Crippen LogP contribution in [-0.4, -0.2) is 55.9 Å². The van der Waals surface area contributed by atoms with Gasteiger partial charge in [-0.2, -0.15) is 10.2 Å². The summed E-state index contributed by atoms with van der Waals surface area (Å²) in [6.07, 6.45) is 3.87. The van der Waals surface area contributed by atoms with E-state index in [4.69, 9.17) is 4.74 Å². The molecule has 0 spiro atoms. The van der Waals surface area contributed by atoms with Gasteiger partial charge in [-0.25, -0.2) is 4.98 Å². The number of hydrogen-bond donors (Lipinski definition) is 3.